The molecule has 3 heteroatoms. The van der Waals surface area contributed by atoms with Gasteiger partial charge in [-0.2, -0.15) is 0 Å². The van der Waals surface area contributed by atoms with Gasteiger partial charge < -0.3 is 10.2 Å². The van der Waals surface area contributed by atoms with E-state index >= 15 is 0 Å². The molecule has 0 aromatic heterocycles. The van der Waals surface area contributed by atoms with Crippen LogP contribution in [-0.2, 0) is 0 Å². The number of rotatable bonds is 3. The normalized spacial score (nSPS) is 13.3. The number of hydrogen-bond acceptors (Lipinski definition) is 1. The summed E-state index contributed by atoms with van der Waals surface area (Å²) in [6.45, 7) is 8.99. The van der Waals surface area contributed by atoms with Crippen LogP contribution in [0.5, 0.6) is 0 Å². The summed E-state index contributed by atoms with van der Waals surface area (Å²) in [6, 6.07) is 0. The molecule has 0 atom stereocenters. The van der Waals surface area contributed by atoms with Crippen molar-refractivity contribution in [3.8, 4) is 0 Å². The number of hydrogen-bond donors (Lipinski definition) is 1. The highest BCUT2D eigenvalue weighted by Crippen LogP contribution is 2.21. The summed E-state index contributed by atoms with van der Waals surface area (Å²) in [4.78, 5) is 6.41. The summed E-state index contributed by atoms with van der Waals surface area (Å²) in [5.74, 6) is 1.64. The number of nitrogens with one attached hydrogen (secondary N) is 1. The van der Waals surface area contributed by atoms with E-state index in [2.05, 4.69) is 50.0 Å². The van der Waals surface area contributed by atoms with E-state index in [1.54, 1.807) is 0 Å². The molecule has 0 bridgehead atoms. The zero-order valence-corrected chi connectivity index (χ0v) is 10.7. The monoisotopic (exact) mass is 199 g/mol. The first-order valence-electron chi connectivity index (χ1n) is 5.23. The van der Waals surface area contributed by atoms with E-state index in [-0.39, 0.29) is 5.54 Å². The van der Waals surface area contributed by atoms with E-state index in [0.717, 1.165) is 12.4 Å². The maximum absolute atomic E-state index is 4.21. The number of nitrogens with zero attached hydrogens (tertiary/aromatic N) is 2. The Morgan fingerprint density at radius 3 is 2.21 bits per heavy atom. The van der Waals surface area contributed by atoms with Crippen molar-refractivity contribution in [1.29, 1.82) is 0 Å². The molecule has 0 rings (SSSR count). The van der Waals surface area contributed by atoms with E-state index in [1.165, 1.54) is 0 Å². The largest absolute Gasteiger partial charge is 0.359 e. The topological polar surface area (TPSA) is 27.6 Å². The summed E-state index contributed by atoms with van der Waals surface area (Å²) >= 11 is 0. The first kappa shape index (κ1) is 13.3. The maximum atomic E-state index is 4.21. The van der Waals surface area contributed by atoms with Gasteiger partial charge >= 0.3 is 0 Å². The molecule has 0 radical (unpaired) electrons. The quantitative estimate of drug-likeness (QED) is 0.556. The second-order valence-electron chi connectivity index (χ2n) is 4.77. The highest BCUT2D eigenvalue weighted by Gasteiger charge is 2.26. The molecule has 0 aromatic carbocycles. The molecule has 0 saturated heterocycles. The zero-order valence-electron chi connectivity index (χ0n) is 10.7. The van der Waals surface area contributed by atoms with Crippen molar-refractivity contribution < 1.29 is 0 Å². The van der Waals surface area contributed by atoms with E-state index in [4.69, 9.17) is 0 Å². The lowest BCUT2D eigenvalue weighted by Gasteiger charge is -2.38. The van der Waals surface area contributed by atoms with Gasteiger partial charge in [0.2, 0.25) is 0 Å². The fourth-order valence-corrected chi connectivity index (χ4v) is 1.85. The van der Waals surface area contributed by atoms with Gasteiger partial charge in [-0.15, -0.1) is 0 Å². The van der Waals surface area contributed by atoms with Crippen LogP contribution in [0.25, 0.3) is 0 Å². The molecule has 0 aromatic rings. The molecular weight excluding hydrogens is 174 g/mol. The van der Waals surface area contributed by atoms with Crippen LogP contribution in [0.4, 0.5) is 0 Å². The molecule has 1 N–H and O–H groups in total. The third-order valence-corrected chi connectivity index (χ3v) is 2.57. The molecule has 0 heterocycles. The van der Waals surface area contributed by atoms with Gasteiger partial charge in [0.25, 0.3) is 0 Å². The summed E-state index contributed by atoms with van der Waals surface area (Å²) in [5.41, 5.74) is 0.145. The van der Waals surface area contributed by atoms with Gasteiger partial charge in [-0.25, -0.2) is 0 Å². The van der Waals surface area contributed by atoms with Crippen LogP contribution >= 0.6 is 0 Å². The first-order valence-corrected chi connectivity index (χ1v) is 5.23. The predicted octanol–water partition coefficient (Wildman–Crippen LogP) is 1.95. The average Bonchev–Trinajstić information content (AvgIpc) is 2.04. The second kappa shape index (κ2) is 5.23. The third-order valence-electron chi connectivity index (χ3n) is 2.57. The summed E-state index contributed by atoms with van der Waals surface area (Å²) in [6.07, 6.45) is 1.16. The van der Waals surface area contributed by atoms with Gasteiger partial charge in [0.1, 0.15) is 0 Å². The number of guanidine groups is 1. The summed E-state index contributed by atoms with van der Waals surface area (Å²) in [5, 5.41) is 3.11. The number of aliphatic imine (C=N–C) groups is 1. The van der Waals surface area contributed by atoms with Crippen LogP contribution in [0.2, 0.25) is 0 Å². The minimum absolute atomic E-state index is 0.145. The molecule has 0 unspecified atom stereocenters. The SMILES string of the molecule is CN=C(NC)N(C)C(C)(C)CC(C)C. The van der Waals surface area contributed by atoms with Crippen molar-refractivity contribution in [3.05, 3.63) is 0 Å². The Hall–Kier alpha value is -0.730. The standard InChI is InChI=1S/C11H25N3/c1-9(2)8-11(3,4)14(7)10(12-5)13-6/h9H,8H2,1-7H3,(H,12,13). The fourth-order valence-electron chi connectivity index (χ4n) is 1.85. The Morgan fingerprint density at radius 1 is 1.43 bits per heavy atom. The van der Waals surface area contributed by atoms with E-state index in [9.17, 15) is 0 Å². The minimum Gasteiger partial charge on any atom is -0.359 e. The molecule has 3 nitrogen and oxygen atoms in total. The summed E-state index contributed by atoms with van der Waals surface area (Å²) in [7, 11) is 5.80. The van der Waals surface area contributed by atoms with Crippen LogP contribution in [0.15, 0.2) is 4.99 Å². The molecule has 0 spiro atoms. The van der Waals surface area contributed by atoms with E-state index in [0.29, 0.717) is 5.92 Å². The van der Waals surface area contributed by atoms with Crippen molar-refractivity contribution in [2.24, 2.45) is 10.9 Å². The highest BCUT2D eigenvalue weighted by atomic mass is 15.3. The van der Waals surface area contributed by atoms with Crippen molar-refractivity contribution in [1.82, 2.24) is 10.2 Å². The predicted molar refractivity (Wildman–Crippen MR) is 63.7 cm³/mol. The smallest absolute Gasteiger partial charge is 0.193 e. The fraction of sp³-hybridized carbons (Fsp3) is 0.909. The zero-order chi connectivity index (χ0) is 11.4. The molecule has 0 amide bonds. The van der Waals surface area contributed by atoms with Gasteiger partial charge in [0, 0.05) is 26.7 Å². The molecule has 0 saturated carbocycles. The van der Waals surface area contributed by atoms with Crippen LogP contribution in [0.1, 0.15) is 34.1 Å². The van der Waals surface area contributed by atoms with Crippen molar-refractivity contribution in [3.63, 3.8) is 0 Å². The molecule has 0 aliphatic heterocycles. The van der Waals surface area contributed by atoms with Crippen LogP contribution in [-0.4, -0.2) is 37.5 Å². The van der Waals surface area contributed by atoms with Crippen LogP contribution in [0.3, 0.4) is 0 Å². The van der Waals surface area contributed by atoms with Crippen molar-refractivity contribution >= 4 is 5.96 Å². The molecule has 0 fully saturated rings. The lowest BCUT2D eigenvalue weighted by Crippen LogP contribution is -2.50. The van der Waals surface area contributed by atoms with Crippen molar-refractivity contribution in [2.45, 2.75) is 39.7 Å². The maximum Gasteiger partial charge on any atom is 0.193 e. The Bertz CT molecular complexity index is 195. The first-order chi connectivity index (χ1) is 6.35. The lowest BCUT2D eigenvalue weighted by molar-refractivity contribution is 0.206. The minimum atomic E-state index is 0.145. The molecule has 14 heavy (non-hydrogen) atoms. The van der Waals surface area contributed by atoms with Crippen molar-refractivity contribution in [2.75, 3.05) is 21.1 Å². The van der Waals surface area contributed by atoms with Gasteiger partial charge in [-0.3, -0.25) is 4.99 Å². The lowest BCUT2D eigenvalue weighted by atomic mass is 9.91. The second-order valence-corrected chi connectivity index (χ2v) is 4.77. The third kappa shape index (κ3) is 3.56. The average molecular weight is 199 g/mol. The molecule has 0 aliphatic carbocycles. The Morgan fingerprint density at radius 2 is 1.93 bits per heavy atom. The Balaban J connectivity index is 4.56. The van der Waals surface area contributed by atoms with Gasteiger partial charge in [-0.1, -0.05) is 13.8 Å². The Kier molecular flexibility index (Phi) is 4.95. The molecule has 84 valence electrons. The van der Waals surface area contributed by atoms with E-state index < -0.39 is 0 Å². The highest BCUT2D eigenvalue weighted by molar-refractivity contribution is 5.79. The molecular formula is C11H25N3. The van der Waals surface area contributed by atoms with Gasteiger partial charge in [-0.05, 0) is 26.2 Å². The Labute approximate surface area is 88.6 Å². The molecule has 0 aliphatic rings. The van der Waals surface area contributed by atoms with Gasteiger partial charge in [0.15, 0.2) is 5.96 Å². The summed E-state index contributed by atoms with van der Waals surface area (Å²) < 4.78 is 0. The van der Waals surface area contributed by atoms with Crippen LogP contribution < -0.4 is 5.32 Å². The van der Waals surface area contributed by atoms with E-state index in [1.807, 2.05) is 14.1 Å². The van der Waals surface area contributed by atoms with Crippen LogP contribution in [0, 0.1) is 5.92 Å². The van der Waals surface area contributed by atoms with Gasteiger partial charge in [0.05, 0.1) is 0 Å².